The lowest BCUT2D eigenvalue weighted by Gasteiger charge is -2.22. The Morgan fingerprint density at radius 1 is 1.30 bits per heavy atom. The van der Waals surface area contributed by atoms with Gasteiger partial charge in [-0.2, -0.15) is 0 Å². The van der Waals surface area contributed by atoms with Gasteiger partial charge in [0.1, 0.15) is 11.6 Å². The molecule has 20 heavy (non-hydrogen) atoms. The predicted molar refractivity (Wildman–Crippen MR) is 73.5 cm³/mol. The second-order valence-electron chi connectivity index (χ2n) is 5.98. The minimum atomic E-state index is -0.587. The Morgan fingerprint density at radius 3 is 2.45 bits per heavy atom. The molecule has 2 rings (SSSR count). The number of halogens is 2. The highest BCUT2D eigenvalue weighted by Gasteiger charge is 2.62. The van der Waals surface area contributed by atoms with Gasteiger partial charge < -0.3 is 10.6 Å². The SMILES string of the molecule is CCNC(=O)NCC1(c2ccc(F)cc2F)CC1(C)C. The van der Waals surface area contributed by atoms with Gasteiger partial charge in [-0.1, -0.05) is 19.9 Å². The van der Waals surface area contributed by atoms with Crippen molar-refractivity contribution in [2.24, 2.45) is 5.41 Å². The lowest BCUT2D eigenvalue weighted by molar-refractivity contribution is 0.239. The molecule has 0 saturated heterocycles. The number of rotatable bonds is 4. The maximum absolute atomic E-state index is 14.0. The molecule has 1 unspecified atom stereocenters. The third-order valence-electron chi connectivity index (χ3n) is 4.25. The predicted octanol–water partition coefficient (Wildman–Crippen LogP) is 2.95. The summed E-state index contributed by atoms with van der Waals surface area (Å²) in [7, 11) is 0. The minimum Gasteiger partial charge on any atom is -0.338 e. The fourth-order valence-electron chi connectivity index (χ4n) is 2.90. The highest BCUT2D eigenvalue weighted by atomic mass is 19.1. The number of nitrogens with one attached hydrogen (secondary N) is 2. The van der Waals surface area contributed by atoms with E-state index in [1.165, 1.54) is 12.1 Å². The van der Waals surface area contributed by atoms with Gasteiger partial charge in [-0.05, 0) is 30.4 Å². The van der Waals surface area contributed by atoms with Crippen LogP contribution in [0.3, 0.4) is 0 Å². The van der Waals surface area contributed by atoms with E-state index in [1.54, 1.807) is 0 Å². The number of amides is 2. The van der Waals surface area contributed by atoms with Crippen LogP contribution in [0.1, 0.15) is 32.8 Å². The molecule has 110 valence electrons. The topological polar surface area (TPSA) is 41.1 Å². The van der Waals surface area contributed by atoms with Crippen molar-refractivity contribution in [3.8, 4) is 0 Å². The van der Waals surface area contributed by atoms with Gasteiger partial charge in [0.05, 0.1) is 0 Å². The third-order valence-corrected chi connectivity index (χ3v) is 4.25. The van der Waals surface area contributed by atoms with E-state index in [0.717, 1.165) is 12.5 Å². The van der Waals surface area contributed by atoms with Crippen molar-refractivity contribution in [2.75, 3.05) is 13.1 Å². The molecular formula is C15H20F2N2O. The van der Waals surface area contributed by atoms with E-state index in [1.807, 2.05) is 20.8 Å². The summed E-state index contributed by atoms with van der Waals surface area (Å²) in [6.07, 6.45) is 0.759. The maximum atomic E-state index is 14.0. The van der Waals surface area contributed by atoms with E-state index in [9.17, 15) is 13.6 Å². The Hall–Kier alpha value is -1.65. The van der Waals surface area contributed by atoms with E-state index in [-0.39, 0.29) is 11.4 Å². The molecule has 0 bridgehead atoms. The lowest BCUT2D eigenvalue weighted by Crippen LogP contribution is -2.41. The van der Waals surface area contributed by atoms with E-state index in [0.29, 0.717) is 18.7 Å². The van der Waals surface area contributed by atoms with Crippen LogP contribution in [0.4, 0.5) is 13.6 Å². The zero-order valence-electron chi connectivity index (χ0n) is 12.0. The Bertz CT molecular complexity index is 531. The summed E-state index contributed by atoms with van der Waals surface area (Å²) >= 11 is 0. The largest absolute Gasteiger partial charge is 0.338 e. The third kappa shape index (κ3) is 2.49. The second-order valence-corrected chi connectivity index (χ2v) is 5.98. The summed E-state index contributed by atoms with van der Waals surface area (Å²) in [5, 5.41) is 5.42. The first-order chi connectivity index (χ1) is 9.32. The van der Waals surface area contributed by atoms with Gasteiger partial charge in [0.25, 0.3) is 0 Å². The molecule has 5 heteroatoms. The molecule has 0 aliphatic heterocycles. The van der Waals surface area contributed by atoms with Crippen molar-refractivity contribution in [2.45, 2.75) is 32.6 Å². The molecule has 1 aliphatic rings. The van der Waals surface area contributed by atoms with Crippen LogP contribution in [0, 0.1) is 17.0 Å². The molecule has 1 fully saturated rings. The highest BCUT2D eigenvalue weighted by molar-refractivity contribution is 5.74. The zero-order valence-corrected chi connectivity index (χ0v) is 12.0. The molecule has 1 saturated carbocycles. The van der Waals surface area contributed by atoms with E-state index >= 15 is 0 Å². The van der Waals surface area contributed by atoms with Gasteiger partial charge in [0.15, 0.2) is 0 Å². The summed E-state index contributed by atoms with van der Waals surface area (Å²) < 4.78 is 27.1. The quantitative estimate of drug-likeness (QED) is 0.876. The van der Waals surface area contributed by atoms with Gasteiger partial charge in [0, 0.05) is 24.6 Å². The van der Waals surface area contributed by atoms with Crippen LogP contribution >= 0.6 is 0 Å². The number of benzene rings is 1. The van der Waals surface area contributed by atoms with Crippen LogP contribution in [-0.4, -0.2) is 19.1 Å². The molecule has 1 aromatic carbocycles. The molecule has 3 nitrogen and oxygen atoms in total. The average molecular weight is 282 g/mol. The van der Waals surface area contributed by atoms with Crippen molar-refractivity contribution >= 4 is 6.03 Å². The Morgan fingerprint density at radius 2 is 1.95 bits per heavy atom. The highest BCUT2D eigenvalue weighted by Crippen LogP contribution is 2.64. The number of hydrogen-bond acceptors (Lipinski definition) is 1. The summed E-state index contributed by atoms with van der Waals surface area (Å²) in [6, 6.07) is 3.38. The van der Waals surface area contributed by atoms with Crippen LogP contribution in [0.25, 0.3) is 0 Å². The minimum absolute atomic E-state index is 0.120. The first kappa shape index (κ1) is 14.8. The molecule has 1 atom stereocenters. The van der Waals surface area contributed by atoms with E-state index in [2.05, 4.69) is 10.6 Å². The van der Waals surface area contributed by atoms with Crippen LogP contribution < -0.4 is 10.6 Å². The van der Waals surface area contributed by atoms with Crippen molar-refractivity contribution in [3.05, 3.63) is 35.4 Å². The molecule has 2 N–H and O–H groups in total. The van der Waals surface area contributed by atoms with Gasteiger partial charge >= 0.3 is 6.03 Å². The Labute approximate surface area is 117 Å². The second kappa shape index (κ2) is 5.04. The molecule has 1 aliphatic carbocycles. The van der Waals surface area contributed by atoms with Crippen LogP contribution in [0.5, 0.6) is 0 Å². The normalized spacial score (nSPS) is 23.2. The Kier molecular flexibility index (Phi) is 3.71. The Balaban J connectivity index is 2.21. The summed E-state index contributed by atoms with van der Waals surface area (Å²) in [5.41, 5.74) is -0.109. The van der Waals surface area contributed by atoms with Crippen molar-refractivity contribution in [1.82, 2.24) is 10.6 Å². The molecular weight excluding hydrogens is 262 g/mol. The van der Waals surface area contributed by atoms with Crippen molar-refractivity contribution in [1.29, 1.82) is 0 Å². The van der Waals surface area contributed by atoms with E-state index < -0.39 is 17.0 Å². The molecule has 0 spiro atoms. The number of carbonyl (C=O) groups excluding carboxylic acids is 1. The molecule has 0 heterocycles. The number of hydrogen-bond donors (Lipinski definition) is 2. The van der Waals surface area contributed by atoms with Crippen LogP contribution in [0.2, 0.25) is 0 Å². The van der Waals surface area contributed by atoms with Crippen LogP contribution in [-0.2, 0) is 5.41 Å². The first-order valence-corrected chi connectivity index (χ1v) is 6.79. The summed E-state index contributed by atoms with van der Waals surface area (Å²) in [5.74, 6) is -1.13. The average Bonchev–Trinajstić information content (AvgIpc) is 2.90. The van der Waals surface area contributed by atoms with E-state index in [4.69, 9.17) is 0 Å². The lowest BCUT2D eigenvalue weighted by atomic mass is 9.87. The number of urea groups is 1. The molecule has 0 radical (unpaired) electrons. The molecule has 2 amide bonds. The maximum Gasteiger partial charge on any atom is 0.314 e. The summed E-state index contributed by atoms with van der Waals surface area (Å²) in [6.45, 7) is 6.75. The van der Waals surface area contributed by atoms with Crippen molar-refractivity contribution in [3.63, 3.8) is 0 Å². The molecule has 1 aromatic rings. The molecule has 0 aromatic heterocycles. The number of carbonyl (C=O) groups is 1. The smallest absolute Gasteiger partial charge is 0.314 e. The van der Waals surface area contributed by atoms with Gasteiger partial charge in [-0.15, -0.1) is 0 Å². The monoisotopic (exact) mass is 282 g/mol. The summed E-state index contributed by atoms with van der Waals surface area (Å²) in [4.78, 5) is 11.5. The zero-order chi connectivity index (χ0) is 15.0. The van der Waals surface area contributed by atoms with Gasteiger partial charge in [0.2, 0.25) is 0 Å². The van der Waals surface area contributed by atoms with Gasteiger partial charge in [-0.3, -0.25) is 0 Å². The van der Waals surface area contributed by atoms with Crippen LogP contribution in [0.15, 0.2) is 18.2 Å². The van der Waals surface area contributed by atoms with Gasteiger partial charge in [-0.25, -0.2) is 13.6 Å². The van der Waals surface area contributed by atoms with Crippen molar-refractivity contribution < 1.29 is 13.6 Å². The first-order valence-electron chi connectivity index (χ1n) is 6.79. The standard InChI is InChI=1S/C15H20F2N2O/c1-4-18-13(20)19-9-15(8-14(15,2)3)11-6-5-10(16)7-12(11)17/h5-7H,4,8-9H2,1-3H3,(H2,18,19,20). The fourth-order valence-corrected chi connectivity index (χ4v) is 2.90. The fraction of sp³-hybridized carbons (Fsp3) is 0.533.